The quantitative estimate of drug-likeness (QED) is 0.889. The molecule has 0 aliphatic carbocycles. The van der Waals surface area contributed by atoms with Crippen molar-refractivity contribution in [3.63, 3.8) is 0 Å². The zero-order chi connectivity index (χ0) is 13.1. The molecule has 1 atom stereocenters. The summed E-state index contributed by atoms with van der Waals surface area (Å²) in [4.78, 5) is 5.00. The van der Waals surface area contributed by atoms with Crippen LogP contribution in [-0.2, 0) is 0 Å². The van der Waals surface area contributed by atoms with Gasteiger partial charge >= 0.3 is 0 Å². The number of hydrogen-bond acceptors (Lipinski definition) is 3. The van der Waals surface area contributed by atoms with Crippen molar-refractivity contribution in [2.75, 3.05) is 31.1 Å². The van der Waals surface area contributed by atoms with E-state index in [9.17, 15) is 0 Å². The summed E-state index contributed by atoms with van der Waals surface area (Å²) >= 11 is 0. The molecule has 1 aromatic rings. The Morgan fingerprint density at radius 3 is 2.17 bits per heavy atom. The zero-order valence-electron chi connectivity index (χ0n) is 11.8. The molecule has 0 spiro atoms. The summed E-state index contributed by atoms with van der Waals surface area (Å²) in [5.41, 5.74) is 8.64. The molecule has 0 unspecified atom stereocenters. The van der Waals surface area contributed by atoms with Gasteiger partial charge in [-0.2, -0.15) is 0 Å². The molecule has 1 aromatic carbocycles. The highest BCUT2D eigenvalue weighted by Crippen LogP contribution is 2.26. The van der Waals surface area contributed by atoms with Crippen LogP contribution in [0.5, 0.6) is 0 Å². The number of hydrogen-bond donors (Lipinski definition) is 1. The van der Waals surface area contributed by atoms with Crippen LogP contribution in [0.3, 0.4) is 0 Å². The van der Waals surface area contributed by atoms with Crippen molar-refractivity contribution in [1.82, 2.24) is 4.90 Å². The molecular formula is C15H25N3. The molecule has 18 heavy (non-hydrogen) atoms. The first kappa shape index (κ1) is 13.4. The molecule has 0 bridgehead atoms. The summed E-state index contributed by atoms with van der Waals surface area (Å²) < 4.78 is 0. The standard InChI is InChI=1S/C15H25N3/c1-12(2)17-8-10-18(11-9-17)15-7-5-4-6-14(15)13(3)16/h4-7,12-13H,8-11,16H2,1-3H3/t13-/m0/s1. The monoisotopic (exact) mass is 247 g/mol. The highest BCUT2D eigenvalue weighted by atomic mass is 15.3. The average molecular weight is 247 g/mol. The van der Waals surface area contributed by atoms with Gasteiger partial charge < -0.3 is 10.6 Å². The SMILES string of the molecule is CC(C)N1CCN(c2ccccc2[C@H](C)N)CC1. The van der Waals surface area contributed by atoms with Crippen LogP contribution < -0.4 is 10.6 Å². The Morgan fingerprint density at radius 1 is 1.00 bits per heavy atom. The molecule has 0 saturated carbocycles. The Labute approximate surface area is 111 Å². The smallest absolute Gasteiger partial charge is 0.0415 e. The second kappa shape index (κ2) is 5.72. The highest BCUT2D eigenvalue weighted by Gasteiger charge is 2.20. The molecule has 100 valence electrons. The summed E-state index contributed by atoms with van der Waals surface area (Å²) in [6.45, 7) is 11.1. The van der Waals surface area contributed by atoms with E-state index >= 15 is 0 Å². The minimum absolute atomic E-state index is 0.101. The normalized spacial score (nSPS) is 19.3. The molecule has 0 aromatic heterocycles. The van der Waals surface area contributed by atoms with Crippen molar-refractivity contribution >= 4 is 5.69 Å². The van der Waals surface area contributed by atoms with Gasteiger partial charge in [0.05, 0.1) is 0 Å². The van der Waals surface area contributed by atoms with E-state index in [1.165, 1.54) is 11.3 Å². The first-order chi connectivity index (χ1) is 8.59. The van der Waals surface area contributed by atoms with Crippen LogP contribution in [-0.4, -0.2) is 37.1 Å². The number of nitrogens with zero attached hydrogens (tertiary/aromatic N) is 2. The van der Waals surface area contributed by atoms with Gasteiger partial charge in [0, 0.05) is 44.0 Å². The fraction of sp³-hybridized carbons (Fsp3) is 0.600. The van der Waals surface area contributed by atoms with Gasteiger partial charge in [-0.25, -0.2) is 0 Å². The van der Waals surface area contributed by atoms with Crippen molar-refractivity contribution in [2.45, 2.75) is 32.9 Å². The summed E-state index contributed by atoms with van der Waals surface area (Å²) in [7, 11) is 0. The van der Waals surface area contributed by atoms with Crippen LogP contribution in [0.2, 0.25) is 0 Å². The predicted octanol–water partition coefficient (Wildman–Crippen LogP) is 2.24. The van der Waals surface area contributed by atoms with E-state index in [2.05, 4.69) is 54.8 Å². The molecule has 1 saturated heterocycles. The summed E-state index contributed by atoms with van der Waals surface area (Å²) in [6, 6.07) is 9.28. The maximum Gasteiger partial charge on any atom is 0.0415 e. The van der Waals surface area contributed by atoms with E-state index in [1.54, 1.807) is 0 Å². The number of para-hydroxylation sites is 1. The summed E-state index contributed by atoms with van der Waals surface area (Å²) in [6.07, 6.45) is 0. The van der Waals surface area contributed by atoms with Crippen LogP contribution in [0.1, 0.15) is 32.4 Å². The van der Waals surface area contributed by atoms with Crippen LogP contribution in [0.4, 0.5) is 5.69 Å². The maximum absolute atomic E-state index is 6.06. The van der Waals surface area contributed by atoms with E-state index in [0.717, 1.165) is 26.2 Å². The van der Waals surface area contributed by atoms with Crippen LogP contribution in [0.15, 0.2) is 24.3 Å². The molecule has 1 heterocycles. The van der Waals surface area contributed by atoms with Crippen molar-refractivity contribution in [2.24, 2.45) is 5.73 Å². The third kappa shape index (κ3) is 2.85. The van der Waals surface area contributed by atoms with Gasteiger partial charge in [-0.3, -0.25) is 4.90 Å². The lowest BCUT2D eigenvalue weighted by molar-refractivity contribution is 0.209. The topological polar surface area (TPSA) is 32.5 Å². The van der Waals surface area contributed by atoms with E-state index in [0.29, 0.717) is 6.04 Å². The lowest BCUT2D eigenvalue weighted by atomic mass is 10.1. The van der Waals surface area contributed by atoms with E-state index in [-0.39, 0.29) is 6.04 Å². The van der Waals surface area contributed by atoms with Gasteiger partial charge in [-0.05, 0) is 32.4 Å². The minimum atomic E-state index is 0.101. The minimum Gasteiger partial charge on any atom is -0.369 e. The first-order valence-corrected chi connectivity index (χ1v) is 6.93. The number of benzene rings is 1. The Morgan fingerprint density at radius 2 is 1.61 bits per heavy atom. The number of rotatable bonds is 3. The molecule has 1 fully saturated rings. The van der Waals surface area contributed by atoms with Gasteiger partial charge in [0.15, 0.2) is 0 Å². The lowest BCUT2D eigenvalue weighted by Gasteiger charge is -2.39. The lowest BCUT2D eigenvalue weighted by Crippen LogP contribution is -2.49. The van der Waals surface area contributed by atoms with Crippen molar-refractivity contribution in [1.29, 1.82) is 0 Å². The fourth-order valence-electron chi connectivity index (χ4n) is 2.64. The van der Waals surface area contributed by atoms with Crippen molar-refractivity contribution < 1.29 is 0 Å². The number of anilines is 1. The Bertz CT molecular complexity index is 379. The average Bonchev–Trinajstić information content (AvgIpc) is 2.39. The first-order valence-electron chi connectivity index (χ1n) is 6.93. The van der Waals surface area contributed by atoms with E-state index in [1.807, 2.05) is 0 Å². The Balaban J connectivity index is 2.10. The molecule has 2 rings (SSSR count). The second-order valence-electron chi connectivity index (χ2n) is 5.46. The highest BCUT2D eigenvalue weighted by molar-refractivity contribution is 5.55. The Hall–Kier alpha value is -1.06. The van der Waals surface area contributed by atoms with Crippen LogP contribution >= 0.6 is 0 Å². The molecule has 0 amide bonds. The van der Waals surface area contributed by atoms with Gasteiger partial charge in [0.2, 0.25) is 0 Å². The molecule has 1 aliphatic rings. The van der Waals surface area contributed by atoms with E-state index < -0.39 is 0 Å². The molecule has 0 radical (unpaired) electrons. The fourth-order valence-corrected chi connectivity index (χ4v) is 2.64. The molecule has 2 N–H and O–H groups in total. The molecular weight excluding hydrogens is 222 g/mol. The Kier molecular flexibility index (Phi) is 4.25. The number of nitrogens with two attached hydrogens (primary N) is 1. The van der Waals surface area contributed by atoms with Gasteiger partial charge in [-0.15, -0.1) is 0 Å². The largest absolute Gasteiger partial charge is 0.369 e. The van der Waals surface area contributed by atoms with E-state index in [4.69, 9.17) is 5.73 Å². The molecule has 3 nitrogen and oxygen atoms in total. The molecule has 1 aliphatic heterocycles. The summed E-state index contributed by atoms with van der Waals surface area (Å²) in [5, 5.41) is 0. The summed E-state index contributed by atoms with van der Waals surface area (Å²) in [5.74, 6) is 0. The second-order valence-corrected chi connectivity index (χ2v) is 5.46. The third-order valence-electron chi connectivity index (χ3n) is 3.81. The van der Waals surface area contributed by atoms with Crippen LogP contribution in [0, 0.1) is 0 Å². The van der Waals surface area contributed by atoms with Crippen molar-refractivity contribution in [3.05, 3.63) is 29.8 Å². The van der Waals surface area contributed by atoms with Gasteiger partial charge in [-0.1, -0.05) is 18.2 Å². The maximum atomic E-state index is 6.06. The zero-order valence-corrected chi connectivity index (χ0v) is 11.8. The number of piperazine rings is 1. The molecule has 3 heteroatoms. The van der Waals surface area contributed by atoms with Gasteiger partial charge in [0.25, 0.3) is 0 Å². The van der Waals surface area contributed by atoms with Crippen LogP contribution in [0.25, 0.3) is 0 Å². The van der Waals surface area contributed by atoms with Crippen molar-refractivity contribution in [3.8, 4) is 0 Å². The third-order valence-corrected chi connectivity index (χ3v) is 3.81. The van der Waals surface area contributed by atoms with Gasteiger partial charge in [0.1, 0.15) is 0 Å². The predicted molar refractivity (Wildman–Crippen MR) is 78.0 cm³/mol.